The highest BCUT2D eigenvalue weighted by Gasteiger charge is 2.21. The van der Waals surface area contributed by atoms with Crippen molar-refractivity contribution in [2.75, 3.05) is 0 Å². The van der Waals surface area contributed by atoms with Crippen LogP contribution in [0.1, 0.15) is 38.3 Å². The predicted molar refractivity (Wildman–Crippen MR) is 109 cm³/mol. The molecule has 3 rings (SSSR count). The third-order valence-corrected chi connectivity index (χ3v) is 5.08. The van der Waals surface area contributed by atoms with Gasteiger partial charge in [-0.25, -0.2) is 0 Å². The SMILES string of the molecule is Cc1cc(C)c(Cn2ncc(-c3cccc(CO)c3)c2C(=O)N=S(=O)=O)c(C)c1. The summed E-state index contributed by atoms with van der Waals surface area (Å²) in [6.45, 7) is 6.15. The van der Waals surface area contributed by atoms with Crippen LogP contribution in [-0.4, -0.2) is 29.2 Å². The van der Waals surface area contributed by atoms with Crippen LogP contribution < -0.4 is 0 Å². The Hall–Kier alpha value is -3.10. The van der Waals surface area contributed by atoms with E-state index >= 15 is 0 Å². The zero-order valence-electron chi connectivity index (χ0n) is 16.4. The van der Waals surface area contributed by atoms with E-state index in [0.717, 1.165) is 22.3 Å². The summed E-state index contributed by atoms with van der Waals surface area (Å²) in [6, 6.07) is 11.1. The van der Waals surface area contributed by atoms with E-state index in [1.165, 1.54) is 10.9 Å². The van der Waals surface area contributed by atoms with Gasteiger partial charge in [-0.1, -0.05) is 40.3 Å². The van der Waals surface area contributed by atoms with E-state index in [4.69, 9.17) is 0 Å². The van der Waals surface area contributed by atoms with Gasteiger partial charge >= 0.3 is 16.4 Å². The fourth-order valence-electron chi connectivity index (χ4n) is 3.50. The van der Waals surface area contributed by atoms with Gasteiger partial charge in [0.05, 0.1) is 19.3 Å². The number of carbonyl (C=O) groups is 1. The van der Waals surface area contributed by atoms with Crippen LogP contribution in [0.4, 0.5) is 0 Å². The highest BCUT2D eigenvalue weighted by Crippen LogP contribution is 2.27. The summed E-state index contributed by atoms with van der Waals surface area (Å²) in [7, 11) is -2.87. The van der Waals surface area contributed by atoms with Crippen LogP contribution >= 0.6 is 0 Å². The van der Waals surface area contributed by atoms with Crippen LogP contribution in [0.25, 0.3) is 11.1 Å². The van der Waals surface area contributed by atoms with E-state index < -0.39 is 16.4 Å². The van der Waals surface area contributed by atoms with Crippen molar-refractivity contribution >= 4 is 16.4 Å². The number of aliphatic hydroxyl groups excluding tert-OH is 1. The molecule has 0 aliphatic heterocycles. The maximum Gasteiger partial charge on any atom is 0.319 e. The first-order valence-corrected chi connectivity index (χ1v) is 10.0. The molecule has 150 valence electrons. The lowest BCUT2D eigenvalue weighted by Crippen LogP contribution is -2.13. The Bertz CT molecular complexity index is 1200. The minimum Gasteiger partial charge on any atom is -0.392 e. The molecule has 0 spiro atoms. The molecule has 0 aliphatic carbocycles. The summed E-state index contributed by atoms with van der Waals surface area (Å²) in [5, 5.41) is 13.8. The molecule has 7 nitrogen and oxygen atoms in total. The summed E-state index contributed by atoms with van der Waals surface area (Å²) in [5.41, 5.74) is 6.13. The van der Waals surface area contributed by atoms with Gasteiger partial charge in [-0.15, -0.1) is 0 Å². The summed E-state index contributed by atoms with van der Waals surface area (Å²) in [5.74, 6) is -0.886. The Morgan fingerprint density at radius 2 is 1.83 bits per heavy atom. The maximum atomic E-state index is 12.6. The van der Waals surface area contributed by atoms with E-state index in [2.05, 4.69) is 21.6 Å². The van der Waals surface area contributed by atoms with Crippen LogP contribution in [0.3, 0.4) is 0 Å². The second-order valence-corrected chi connectivity index (χ2v) is 7.53. The highest BCUT2D eigenvalue weighted by atomic mass is 32.2. The summed E-state index contributed by atoms with van der Waals surface area (Å²) >= 11 is 0. The maximum absolute atomic E-state index is 12.6. The van der Waals surface area contributed by atoms with Crippen molar-refractivity contribution < 1.29 is 18.3 Å². The van der Waals surface area contributed by atoms with Crippen molar-refractivity contribution in [1.29, 1.82) is 0 Å². The number of carbonyl (C=O) groups excluding carboxylic acids is 1. The van der Waals surface area contributed by atoms with Crippen molar-refractivity contribution in [2.45, 2.75) is 33.9 Å². The van der Waals surface area contributed by atoms with Gasteiger partial charge in [0.25, 0.3) is 0 Å². The van der Waals surface area contributed by atoms with Gasteiger partial charge in [0.1, 0.15) is 5.69 Å². The number of rotatable bonds is 5. The average molecular weight is 411 g/mol. The molecular weight excluding hydrogens is 390 g/mol. The second-order valence-electron chi connectivity index (χ2n) is 6.91. The second kappa shape index (κ2) is 8.50. The summed E-state index contributed by atoms with van der Waals surface area (Å²) < 4.78 is 26.7. The first-order valence-electron chi connectivity index (χ1n) is 8.98. The molecule has 29 heavy (non-hydrogen) atoms. The van der Waals surface area contributed by atoms with Gasteiger partial charge in [-0.3, -0.25) is 9.48 Å². The monoisotopic (exact) mass is 411 g/mol. The van der Waals surface area contributed by atoms with Crippen LogP contribution in [-0.2, 0) is 23.7 Å². The molecule has 0 radical (unpaired) electrons. The zero-order chi connectivity index (χ0) is 21.1. The molecule has 1 aromatic heterocycles. The number of aryl methyl sites for hydroxylation is 3. The number of aliphatic hydroxyl groups is 1. The molecule has 0 saturated heterocycles. The Balaban J connectivity index is 2.17. The van der Waals surface area contributed by atoms with Crippen molar-refractivity contribution in [2.24, 2.45) is 4.36 Å². The number of hydrogen-bond acceptors (Lipinski definition) is 5. The fraction of sp³-hybridized carbons (Fsp3) is 0.238. The lowest BCUT2D eigenvalue weighted by Gasteiger charge is -2.13. The quantitative estimate of drug-likeness (QED) is 0.695. The third kappa shape index (κ3) is 4.49. The first kappa shape index (κ1) is 20.6. The molecule has 3 aromatic rings. The number of nitrogens with zero attached hydrogens (tertiary/aromatic N) is 3. The molecule has 2 aromatic carbocycles. The zero-order valence-corrected chi connectivity index (χ0v) is 17.2. The highest BCUT2D eigenvalue weighted by molar-refractivity contribution is 7.62. The standard InChI is InChI=1S/C21H21N3O4S/c1-13-7-14(2)19(15(3)8-13)11-24-20(21(26)23-29(27)28)18(10-22-24)17-6-4-5-16(9-17)12-25/h4-10,25H,11-12H2,1-3H3. The van der Waals surface area contributed by atoms with Crippen LogP contribution in [0.15, 0.2) is 47.0 Å². The molecule has 1 N–H and O–H groups in total. The Labute approximate surface area is 170 Å². The lowest BCUT2D eigenvalue weighted by molar-refractivity contribution is 0.0996. The molecule has 8 heteroatoms. The Morgan fingerprint density at radius 1 is 1.14 bits per heavy atom. The van der Waals surface area contributed by atoms with Crippen molar-refractivity contribution in [3.63, 3.8) is 0 Å². The van der Waals surface area contributed by atoms with Gasteiger partial charge in [-0.05, 0) is 54.7 Å². The van der Waals surface area contributed by atoms with Crippen LogP contribution in [0, 0.1) is 20.8 Å². The molecule has 0 atom stereocenters. The van der Waals surface area contributed by atoms with E-state index in [-0.39, 0.29) is 12.3 Å². The Morgan fingerprint density at radius 3 is 2.45 bits per heavy atom. The van der Waals surface area contributed by atoms with Crippen molar-refractivity contribution in [3.05, 3.63) is 76.1 Å². The third-order valence-electron chi connectivity index (χ3n) is 4.77. The normalized spacial score (nSPS) is 10.8. The van der Waals surface area contributed by atoms with E-state index in [9.17, 15) is 18.3 Å². The predicted octanol–water partition coefficient (Wildman–Crippen LogP) is 3.22. The summed E-state index contributed by atoms with van der Waals surface area (Å²) in [6.07, 6.45) is 1.52. The van der Waals surface area contributed by atoms with Gasteiger partial charge in [0.2, 0.25) is 0 Å². The van der Waals surface area contributed by atoms with Gasteiger partial charge < -0.3 is 5.11 Å². The van der Waals surface area contributed by atoms with Gasteiger partial charge in [0.15, 0.2) is 0 Å². The number of aromatic nitrogens is 2. The smallest absolute Gasteiger partial charge is 0.319 e. The van der Waals surface area contributed by atoms with Crippen molar-refractivity contribution in [3.8, 4) is 11.1 Å². The van der Waals surface area contributed by atoms with E-state index in [1.54, 1.807) is 24.3 Å². The Kier molecular flexibility index (Phi) is 6.05. The minimum atomic E-state index is -2.87. The molecule has 0 unspecified atom stereocenters. The molecule has 1 amide bonds. The molecule has 1 heterocycles. The fourth-order valence-corrected chi connectivity index (χ4v) is 3.72. The molecule has 0 aliphatic rings. The average Bonchev–Trinajstić information content (AvgIpc) is 3.08. The topological polar surface area (TPSA) is 102 Å². The van der Waals surface area contributed by atoms with Gasteiger partial charge in [0, 0.05) is 5.56 Å². The largest absolute Gasteiger partial charge is 0.392 e. The molecular formula is C21H21N3O4S. The number of benzene rings is 2. The summed E-state index contributed by atoms with van der Waals surface area (Å²) in [4.78, 5) is 12.6. The van der Waals surface area contributed by atoms with Crippen LogP contribution in [0.2, 0.25) is 0 Å². The minimum absolute atomic E-state index is 0.0867. The first-order chi connectivity index (χ1) is 13.8. The molecule has 0 fully saturated rings. The van der Waals surface area contributed by atoms with E-state index in [0.29, 0.717) is 23.2 Å². The molecule has 0 bridgehead atoms. The van der Waals surface area contributed by atoms with Crippen molar-refractivity contribution in [1.82, 2.24) is 9.78 Å². The van der Waals surface area contributed by atoms with E-state index in [1.807, 2.05) is 20.8 Å². The number of amides is 1. The molecule has 0 saturated carbocycles. The van der Waals surface area contributed by atoms with Gasteiger partial charge in [-0.2, -0.15) is 13.5 Å². The number of hydrogen-bond donors (Lipinski definition) is 1. The van der Waals surface area contributed by atoms with Crippen LogP contribution in [0.5, 0.6) is 0 Å². The lowest BCUT2D eigenvalue weighted by atomic mass is 9.99.